The van der Waals surface area contributed by atoms with E-state index in [4.69, 9.17) is 9.15 Å². The molecule has 0 radical (unpaired) electrons. The average molecular weight is 309 g/mol. The molecule has 1 aromatic heterocycles. The van der Waals surface area contributed by atoms with Crippen LogP contribution in [0.4, 0.5) is 5.69 Å². The first kappa shape index (κ1) is 14.8. The first-order valence-corrected chi connectivity index (χ1v) is 7.12. The number of hydrogen-bond donors (Lipinski definition) is 0. The van der Waals surface area contributed by atoms with E-state index in [1.807, 2.05) is 30.3 Å². The van der Waals surface area contributed by atoms with E-state index in [0.717, 1.165) is 11.1 Å². The van der Waals surface area contributed by atoms with Crippen molar-refractivity contribution in [1.82, 2.24) is 0 Å². The van der Waals surface area contributed by atoms with Crippen molar-refractivity contribution < 1.29 is 13.9 Å². The lowest BCUT2D eigenvalue weighted by Crippen LogP contribution is -2.31. The Morgan fingerprint density at radius 3 is 2.61 bits per heavy atom. The third-order valence-corrected chi connectivity index (χ3v) is 3.47. The first-order chi connectivity index (χ1) is 11.1. The smallest absolute Gasteiger partial charge is 0.336 e. The predicted molar refractivity (Wildman–Crippen MR) is 87.8 cm³/mol. The van der Waals surface area contributed by atoms with Crippen LogP contribution in [-0.4, -0.2) is 19.6 Å². The molecule has 0 N–H and O–H groups in total. The maximum atomic E-state index is 12.2. The minimum atomic E-state index is -0.422. The van der Waals surface area contributed by atoms with Gasteiger partial charge in [0, 0.05) is 30.3 Å². The van der Waals surface area contributed by atoms with Crippen LogP contribution in [0.3, 0.4) is 0 Å². The Kier molecular flexibility index (Phi) is 4.10. The number of para-hydroxylation sites is 1. The number of nitrogens with zero attached hydrogens (tertiary/aromatic N) is 1. The highest BCUT2D eigenvalue weighted by molar-refractivity contribution is 5.93. The molecule has 0 unspecified atom stereocenters. The van der Waals surface area contributed by atoms with Crippen LogP contribution in [0.15, 0.2) is 69.9 Å². The number of amides is 1. The van der Waals surface area contributed by atoms with Crippen molar-refractivity contribution >= 4 is 22.6 Å². The van der Waals surface area contributed by atoms with Gasteiger partial charge in [0.2, 0.25) is 0 Å². The van der Waals surface area contributed by atoms with Crippen molar-refractivity contribution in [3.63, 3.8) is 0 Å². The molecule has 23 heavy (non-hydrogen) atoms. The number of hydrogen-bond acceptors (Lipinski definition) is 4. The van der Waals surface area contributed by atoms with Gasteiger partial charge in [0.25, 0.3) is 5.91 Å². The van der Waals surface area contributed by atoms with Crippen LogP contribution in [0, 0.1) is 0 Å². The monoisotopic (exact) mass is 309 g/mol. The van der Waals surface area contributed by atoms with Crippen LogP contribution >= 0.6 is 0 Å². The molecule has 2 aromatic carbocycles. The lowest BCUT2D eigenvalue weighted by molar-refractivity contribution is -0.120. The summed E-state index contributed by atoms with van der Waals surface area (Å²) < 4.78 is 10.6. The zero-order chi connectivity index (χ0) is 16.2. The maximum Gasteiger partial charge on any atom is 0.336 e. The molecular weight excluding hydrogens is 294 g/mol. The number of carbonyl (C=O) groups excluding carboxylic acids is 1. The predicted octanol–water partition coefficient (Wildman–Crippen LogP) is 2.83. The summed E-state index contributed by atoms with van der Waals surface area (Å²) >= 11 is 0. The highest BCUT2D eigenvalue weighted by Gasteiger charge is 2.11. The van der Waals surface area contributed by atoms with Gasteiger partial charge in [-0.3, -0.25) is 4.79 Å². The fourth-order valence-corrected chi connectivity index (χ4v) is 2.17. The van der Waals surface area contributed by atoms with Crippen molar-refractivity contribution in [3.05, 3.63) is 71.1 Å². The molecule has 0 spiro atoms. The van der Waals surface area contributed by atoms with Crippen molar-refractivity contribution in [2.75, 3.05) is 18.6 Å². The molecule has 0 saturated heterocycles. The lowest BCUT2D eigenvalue weighted by atomic mass is 10.2. The molecule has 0 aliphatic carbocycles. The van der Waals surface area contributed by atoms with E-state index in [0.29, 0.717) is 11.3 Å². The van der Waals surface area contributed by atoms with Crippen LogP contribution in [0.25, 0.3) is 11.0 Å². The van der Waals surface area contributed by atoms with Crippen molar-refractivity contribution in [1.29, 1.82) is 0 Å². The summed E-state index contributed by atoms with van der Waals surface area (Å²) in [6, 6.07) is 17.5. The summed E-state index contributed by atoms with van der Waals surface area (Å²) in [5, 5.41) is 0.796. The summed E-state index contributed by atoms with van der Waals surface area (Å²) in [6.45, 7) is -0.103. The molecule has 116 valence electrons. The second-order valence-electron chi connectivity index (χ2n) is 5.03. The molecule has 0 fully saturated rings. The molecule has 5 heteroatoms. The van der Waals surface area contributed by atoms with Gasteiger partial charge >= 0.3 is 5.63 Å². The number of fused-ring (bicyclic) bond motifs is 1. The molecule has 0 atom stereocenters. The molecule has 0 bridgehead atoms. The van der Waals surface area contributed by atoms with Crippen LogP contribution < -0.4 is 15.3 Å². The van der Waals surface area contributed by atoms with Gasteiger partial charge in [-0.2, -0.15) is 0 Å². The number of carbonyl (C=O) groups is 1. The molecule has 3 aromatic rings. The van der Waals surface area contributed by atoms with Crippen LogP contribution in [-0.2, 0) is 4.79 Å². The molecule has 1 amide bonds. The van der Waals surface area contributed by atoms with Crippen LogP contribution in [0.5, 0.6) is 5.75 Å². The minimum absolute atomic E-state index is 0.103. The number of likely N-dealkylation sites (N-methyl/N-ethyl adjacent to an activating group) is 1. The van der Waals surface area contributed by atoms with E-state index >= 15 is 0 Å². The maximum absolute atomic E-state index is 12.2. The molecule has 1 heterocycles. The van der Waals surface area contributed by atoms with E-state index in [1.54, 1.807) is 31.3 Å². The van der Waals surface area contributed by atoms with Gasteiger partial charge in [-0.05, 0) is 30.3 Å². The SMILES string of the molecule is CN(C(=O)COc1ccc2ccc(=O)oc2c1)c1ccccc1. The summed E-state index contributed by atoms with van der Waals surface area (Å²) in [6.07, 6.45) is 0. The molecule has 0 saturated carbocycles. The molecule has 0 aliphatic heterocycles. The van der Waals surface area contributed by atoms with Crippen LogP contribution in [0.2, 0.25) is 0 Å². The summed E-state index contributed by atoms with van der Waals surface area (Å²) in [7, 11) is 1.69. The third-order valence-electron chi connectivity index (χ3n) is 3.47. The Labute approximate surface area is 132 Å². The van der Waals surface area contributed by atoms with E-state index in [2.05, 4.69) is 0 Å². The average Bonchev–Trinajstić information content (AvgIpc) is 2.59. The fraction of sp³-hybridized carbons (Fsp3) is 0.111. The van der Waals surface area contributed by atoms with Crippen molar-refractivity contribution in [3.8, 4) is 5.75 Å². The van der Waals surface area contributed by atoms with E-state index in [-0.39, 0.29) is 12.5 Å². The van der Waals surface area contributed by atoms with E-state index in [1.165, 1.54) is 11.0 Å². The highest BCUT2D eigenvalue weighted by atomic mass is 16.5. The molecular formula is C18H15NO4. The molecule has 3 rings (SSSR count). The van der Waals surface area contributed by atoms with Gasteiger partial charge < -0.3 is 14.1 Å². The largest absolute Gasteiger partial charge is 0.484 e. The number of anilines is 1. The third kappa shape index (κ3) is 3.40. The Hall–Kier alpha value is -3.08. The summed E-state index contributed by atoms with van der Waals surface area (Å²) in [5.41, 5.74) is 0.805. The Balaban J connectivity index is 1.70. The van der Waals surface area contributed by atoms with Crippen molar-refractivity contribution in [2.45, 2.75) is 0 Å². The van der Waals surface area contributed by atoms with Crippen molar-refractivity contribution in [2.24, 2.45) is 0 Å². The number of rotatable bonds is 4. The zero-order valence-corrected chi connectivity index (χ0v) is 12.6. The van der Waals surface area contributed by atoms with Gasteiger partial charge in [0.1, 0.15) is 11.3 Å². The second-order valence-corrected chi connectivity index (χ2v) is 5.03. The molecule has 0 aliphatic rings. The number of benzene rings is 2. The quantitative estimate of drug-likeness (QED) is 0.695. The van der Waals surface area contributed by atoms with Gasteiger partial charge in [0.15, 0.2) is 6.61 Å². The first-order valence-electron chi connectivity index (χ1n) is 7.12. The normalized spacial score (nSPS) is 10.5. The standard InChI is InChI=1S/C18H15NO4/c1-19(14-5-3-2-4-6-14)17(20)12-22-15-9-7-13-8-10-18(21)23-16(13)11-15/h2-11H,12H2,1H3. The summed E-state index contributed by atoms with van der Waals surface area (Å²) in [4.78, 5) is 24.9. The molecule has 5 nitrogen and oxygen atoms in total. The van der Waals surface area contributed by atoms with Gasteiger partial charge in [0.05, 0.1) is 0 Å². The minimum Gasteiger partial charge on any atom is -0.484 e. The topological polar surface area (TPSA) is 59.8 Å². The van der Waals surface area contributed by atoms with E-state index < -0.39 is 5.63 Å². The summed E-state index contributed by atoms with van der Waals surface area (Å²) in [5.74, 6) is 0.299. The fourth-order valence-electron chi connectivity index (χ4n) is 2.17. The van der Waals surface area contributed by atoms with Gasteiger partial charge in [-0.25, -0.2) is 4.79 Å². The Morgan fingerprint density at radius 1 is 1.09 bits per heavy atom. The highest BCUT2D eigenvalue weighted by Crippen LogP contribution is 2.19. The van der Waals surface area contributed by atoms with Crippen LogP contribution in [0.1, 0.15) is 0 Å². The zero-order valence-electron chi connectivity index (χ0n) is 12.6. The van der Waals surface area contributed by atoms with Gasteiger partial charge in [-0.1, -0.05) is 18.2 Å². The number of ether oxygens (including phenoxy) is 1. The Morgan fingerprint density at radius 2 is 1.83 bits per heavy atom. The van der Waals surface area contributed by atoms with Gasteiger partial charge in [-0.15, -0.1) is 0 Å². The lowest BCUT2D eigenvalue weighted by Gasteiger charge is -2.17. The Bertz CT molecular complexity index is 886. The van der Waals surface area contributed by atoms with E-state index in [9.17, 15) is 9.59 Å². The second kappa shape index (κ2) is 6.36.